The molecule has 0 saturated heterocycles. The average Bonchev–Trinajstić information content (AvgIpc) is 2.21. The van der Waals surface area contributed by atoms with Crippen LogP contribution in [0.5, 0.6) is 0 Å². The Balaban J connectivity index is 2.49. The van der Waals surface area contributed by atoms with E-state index in [1.807, 2.05) is 31.2 Å². The summed E-state index contributed by atoms with van der Waals surface area (Å²) in [5.41, 5.74) is 4.71. The summed E-state index contributed by atoms with van der Waals surface area (Å²) in [5, 5.41) is 3.69. The molecule has 1 N–H and O–H groups in total. The molecule has 0 amide bonds. The number of nitrogens with zero attached hydrogens (tertiary/aromatic N) is 1. The van der Waals surface area contributed by atoms with Crippen molar-refractivity contribution in [2.24, 2.45) is 5.10 Å². The zero-order valence-electron chi connectivity index (χ0n) is 8.15. The maximum absolute atomic E-state index is 10.6. The fraction of sp³-hybridized carbons (Fsp3) is 0.200. The Morgan fingerprint density at radius 3 is 2.64 bits per heavy atom. The minimum atomic E-state index is -0.482. The summed E-state index contributed by atoms with van der Waals surface area (Å²) < 4.78 is 4.38. The molecule has 0 atom stereocenters. The Morgan fingerprint density at radius 2 is 2.07 bits per heavy atom. The lowest BCUT2D eigenvalue weighted by Gasteiger charge is -1.99. The maximum Gasteiger partial charge on any atom is 0.350 e. The van der Waals surface area contributed by atoms with Gasteiger partial charge in [0, 0.05) is 0 Å². The van der Waals surface area contributed by atoms with Gasteiger partial charge >= 0.3 is 5.97 Å². The van der Waals surface area contributed by atoms with E-state index in [1.165, 1.54) is 12.7 Å². The molecule has 0 aliphatic rings. The molecule has 0 bridgehead atoms. The first-order valence-electron chi connectivity index (χ1n) is 4.16. The molecule has 74 valence electrons. The van der Waals surface area contributed by atoms with Crippen molar-refractivity contribution >= 4 is 17.9 Å². The average molecular weight is 192 g/mol. The van der Waals surface area contributed by atoms with Crippen LogP contribution in [0.25, 0.3) is 0 Å². The van der Waals surface area contributed by atoms with Gasteiger partial charge in [-0.2, -0.15) is 5.10 Å². The Labute approximate surface area is 82.6 Å². The van der Waals surface area contributed by atoms with Crippen LogP contribution >= 0.6 is 0 Å². The van der Waals surface area contributed by atoms with Crippen molar-refractivity contribution in [3.63, 3.8) is 0 Å². The van der Waals surface area contributed by atoms with E-state index in [2.05, 4.69) is 15.3 Å². The van der Waals surface area contributed by atoms with Crippen LogP contribution in [-0.2, 0) is 9.53 Å². The van der Waals surface area contributed by atoms with Crippen LogP contribution < -0.4 is 5.43 Å². The molecule has 1 rings (SSSR count). The summed E-state index contributed by atoms with van der Waals surface area (Å²) in [7, 11) is 1.31. The van der Waals surface area contributed by atoms with Crippen LogP contribution in [0.3, 0.4) is 0 Å². The van der Waals surface area contributed by atoms with Gasteiger partial charge in [-0.25, -0.2) is 4.79 Å². The third-order valence-electron chi connectivity index (χ3n) is 1.62. The number of nitrogens with one attached hydrogen (secondary N) is 1. The Kier molecular flexibility index (Phi) is 3.67. The number of benzene rings is 1. The van der Waals surface area contributed by atoms with Gasteiger partial charge in [0.25, 0.3) is 0 Å². The minimum absolute atomic E-state index is 0.482. The SMILES string of the molecule is COC(=O)C=NNc1ccc(C)cc1. The molecule has 0 saturated carbocycles. The summed E-state index contributed by atoms with van der Waals surface area (Å²) >= 11 is 0. The molecule has 0 heterocycles. The number of rotatable bonds is 3. The van der Waals surface area contributed by atoms with Crippen LogP contribution in [0.4, 0.5) is 5.69 Å². The van der Waals surface area contributed by atoms with E-state index in [1.54, 1.807) is 0 Å². The number of carbonyl (C=O) groups excluding carboxylic acids is 1. The van der Waals surface area contributed by atoms with Crippen LogP contribution in [0.2, 0.25) is 0 Å². The van der Waals surface area contributed by atoms with Gasteiger partial charge in [-0.3, -0.25) is 5.43 Å². The van der Waals surface area contributed by atoms with Gasteiger partial charge < -0.3 is 4.74 Å². The van der Waals surface area contributed by atoms with Crippen molar-refractivity contribution in [2.75, 3.05) is 12.5 Å². The van der Waals surface area contributed by atoms with E-state index in [0.29, 0.717) is 0 Å². The number of hydrogen-bond donors (Lipinski definition) is 1. The third-order valence-corrected chi connectivity index (χ3v) is 1.62. The van der Waals surface area contributed by atoms with Crippen molar-refractivity contribution in [3.8, 4) is 0 Å². The van der Waals surface area contributed by atoms with Gasteiger partial charge in [0.1, 0.15) is 6.21 Å². The first kappa shape index (κ1) is 10.2. The number of aryl methyl sites for hydroxylation is 1. The minimum Gasteiger partial charge on any atom is -0.465 e. The monoisotopic (exact) mass is 192 g/mol. The smallest absolute Gasteiger partial charge is 0.350 e. The van der Waals surface area contributed by atoms with Crippen molar-refractivity contribution in [1.82, 2.24) is 0 Å². The Morgan fingerprint density at radius 1 is 1.43 bits per heavy atom. The number of esters is 1. The largest absolute Gasteiger partial charge is 0.465 e. The van der Waals surface area contributed by atoms with Crippen molar-refractivity contribution in [1.29, 1.82) is 0 Å². The van der Waals surface area contributed by atoms with Crippen molar-refractivity contribution in [3.05, 3.63) is 29.8 Å². The van der Waals surface area contributed by atoms with Crippen LogP contribution in [0.1, 0.15) is 5.56 Å². The zero-order valence-corrected chi connectivity index (χ0v) is 8.15. The maximum atomic E-state index is 10.6. The molecule has 0 unspecified atom stereocenters. The fourth-order valence-electron chi connectivity index (χ4n) is 0.840. The van der Waals surface area contributed by atoms with Gasteiger partial charge in [0.2, 0.25) is 0 Å². The number of ether oxygens (including phenoxy) is 1. The van der Waals surface area contributed by atoms with Gasteiger partial charge in [-0.1, -0.05) is 17.7 Å². The quantitative estimate of drug-likeness (QED) is 0.449. The molecule has 4 heteroatoms. The highest BCUT2D eigenvalue weighted by atomic mass is 16.5. The summed E-state index contributed by atoms with van der Waals surface area (Å²) in [6, 6.07) is 7.67. The standard InChI is InChI=1S/C10H12N2O2/c1-8-3-5-9(6-4-8)12-11-7-10(13)14-2/h3-7,12H,1-2H3. The fourth-order valence-corrected chi connectivity index (χ4v) is 0.840. The second-order valence-corrected chi connectivity index (χ2v) is 2.76. The van der Waals surface area contributed by atoms with Crippen LogP contribution in [0.15, 0.2) is 29.4 Å². The molecule has 1 aromatic carbocycles. The highest BCUT2D eigenvalue weighted by molar-refractivity contribution is 6.23. The van der Waals surface area contributed by atoms with Gasteiger partial charge in [0.15, 0.2) is 0 Å². The van der Waals surface area contributed by atoms with Crippen molar-refractivity contribution < 1.29 is 9.53 Å². The predicted molar refractivity (Wildman–Crippen MR) is 55.3 cm³/mol. The number of methoxy groups -OCH3 is 1. The lowest BCUT2D eigenvalue weighted by Crippen LogP contribution is -2.02. The molecule has 0 radical (unpaired) electrons. The Hall–Kier alpha value is -1.84. The Bertz CT molecular complexity index is 330. The second-order valence-electron chi connectivity index (χ2n) is 2.76. The van der Waals surface area contributed by atoms with E-state index < -0.39 is 5.97 Å². The van der Waals surface area contributed by atoms with Gasteiger partial charge in [0.05, 0.1) is 12.8 Å². The molecule has 0 aliphatic carbocycles. The van der Waals surface area contributed by atoms with E-state index in [0.717, 1.165) is 11.9 Å². The topological polar surface area (TPSA) is 50.7 Å². The summed E-state index contributed by atoms with van der Waals surface area (Å²) in [4.78, 5) is 10.6. The highest BCUT2D eigenvalue weighted by Gasteiger charge is 1.91. The summed E-state index contributed by atoms with van der Waals surface area (Å²) in [6.07, 6.45) is 1.08. The number of carbonyl (C=O) groups is 1. The number of hydrogen-bond acceptors (Lipinski definition) is 4. The van der Waals surface area contributed by atoms with E-state index >= 15 is 0 Å². The second kappa shape index (κ2) is 5.01. The molecular weight excluding hydrogens is 180 g/mol. The number of hydrazone groups is 1. The first-order chi connectivity index (χ1) is 6.72. The molecule has 4 nitrogen and oxygen atoms in total. The predicted octanol–water partition coefficient (Wildman–Crippen LogP) is 1.57. The first-order valence-corrected chi connectivity index (χ1v) is 4.16. The van der Waals surface area contributed by atoms with E-state index in [-0.39, 0.29) is 0 Å². The molecule has 0 spiro atoms. The van der Waals surface area contributed by atoms with Crippen molar-refractivity contribution in [2.45, 2.75) is 6.92 Å². The van der Waals surface area contributed by atoms with E-state index in [4.69, 9.17) is 0 Å². The molecule has 1 aromatic rings. The summed E-state index contributed by atoms with van der Waals surface area (Å²) in [5.74, 6) is -0.482. The van der Waals surface area contributed by atoms with Crippen LogP contribution in [-0.4, -0.2) is 19.3 Å². The van der Waals surface area contributed by atoms with Gasteiger partial charge in [-0.05, 0) is 19.1 Å². The summed E-state index contributed by atoms with van der Waals surface area (Å²) in [6.45, 7) is 2.00. The van der Waals surface area contributed by atoms with Crippen LogP contribution in [0, 0.1) is 6.92 Å². The normalized spacial score (nSPS) is 10.1. The van der Waals surface area contributed by atoms with Gasteiger partial charge in [-0.15, -0.1) is 0 Å². The lowest BCUT2D eigenvalue weighted by atomic mass is 10.2. The molecule has 14 heavy (non-hydrogen) atoms. The zero-order chi connectivity index (χ0) is 10.4. The highest BCUT2D eigenvalue weighted by Crippen LogP contribution is 2.07. The lowest BCUT2D eigenvalue weighted by molar-refractivity contribution is -0.132. The van der Waals surface area contributed by atoms with E-state index in [9.17, 15) is 4.79 Å². The molecule has 0 aliphatic heterocycles. The molecular formula is C10H12N2O2. The number of anilines is 1. The molecule has 0 aromatic heterocycles. The molecule has 0 fully saturated rings. The third kappa shape index (κ3) is 3.26.